The molecule has 53 heavy (non-hydrogen) atoms. The predicted octanol–water partition coefficient (Wildman–Crippen LogP) is 8.46. The molecule has 0 aliphatic carbocycles. The van der Waals surface area contributed by atoms with Crippen molar-refractivity contribution in [2.75, 3.05) is 12.3 Å². The number of carbonyl (C=O) groups excluding carboxylic acids is 3. The fraction of sp³-hybridized carbons (Fsp3) is 0.133. The molecule has 6 rings (SSSR count). The molecule has 2 amide bonds. The van der Waals surface area contributed by atoms with Gasteiger partial charge in [-0.2, -0.15) is 0 Å². The molecule has 8 heteroatoms. The minimum absolute atomic E-state index is 0.0306. The summed E-state index contributed by atoms with van der Waals surface area (Å²) in [5.41, 5.74) is 5.42. The number of benzene rings is 6. The standard InChI is InChI=1S/C45H40N2O5S/c48-41(52-42(35-21-9-2-10-22-35)36-23-11-3-12-24-36)31-46-43(49)40(47-44(50)51-32-34-19-7-1-8-20-34)33-53-45(37-25-13-4-14-26-37,38-27-15-5-16-28-38)39-29-17-6-18-30-39/h1-30,40,42H,31-33H2,(H,46,49)(H,47,50)/t40-/m0/s1. The lowest BCUT2D eigenvalue weighted by atomic mass is 9.84. The Hall–Kier alpha value is -6.12. The number of hydrogen-bond donors (Lipinski definition) is 2. The fourth-order valence-electron chi connectivity index (χ4n) is 6.11. The van der Waals surface area contributed by atoms with Crippen molar-refractivity contribution in [3.8, 4) is 0 Å². The van der Waals surface area contributed by atoms with Crippen molar-refractivity contribution in [1.82, 2.24) is 10.6 Å². The molecule has 6 aromatic rings. The molecule has 0 saturated carbocycles. The molecule has 7 nitrogen and oxygen atoms in total. The largest absolute Gasteiger partial charge is 0.451 e. The van der Waals surface area contributed by atoms with Crippen LogP contribution in [0.3, 0.4) is 0 Å². The maximum Gasteiger partial charge on any atom is 0.408 e. The Morgan fingerprint density at radius 2 is 0.981 bits per heavy atom. The number of rotatable bonds is 15. The van der Waals surface area contributed by atoms with Crippen LogP contribution in [0.1, 0.15) is 39.5 Å². The zero-order valence-corrected chi connectivity index (χ0v) is 29.9. The Kier molecular flexibility index (Phi) is 12.7. The number of amides is 2. The first-order valence-corrected chi connectivity index (χ1v) is 18.4. The molecule has 0 fully saturated rings. The molecule has 6 aromatic carbocycles. The molecule has 0 aromatic heterocycles. The number of nitrogens with one attached hydrogen (secondary N) is 2. The lowest BCUT2D eigenvalue weighted by molar-refractivity contribution is -0.147. The molecule has 0 saturated heterocycles. The van der Waals surface area contributed by atoms with Crippen LogP contribution in [0.2, 0.25) is 0 Å². The minimum Gasteiger partial charge on any atom is -0.451 e. The second kappa shape index (κ2) is 18.4. The van der Waals surface area contributed by atoms with Crippen molar-refractivity contribution in [2.24, 2.45) is 0 Å². The maximum atomic E-state index is 14.0. The average molecular weight is 721 g/mol. The van der Waals surface area contributed by atoms with Gasteiger partial charge in [0.1, 0.15) is 19.2 Å². The van der Waals surface area contributed by atoms with Gasteiger partial charge in [-0.1, -0.05) is 182 Å². The number of ether oxygens (including phenoxy) is 2. The highest BCUT2D eigenvalue weighted by atomic mass is 32.2. The highest BCUT2D eigenvalue weighted by Crippen LogP contribution is 2.48. The molecule has 0 unspecified atom stereocenters. The topological polar surface area (TPSA) is 93.7 Å². The van der Waals surface area contributed by atoms with E-state index in [0.717, 1.165) is 33.4 Å². The molecular weight excluding hydrogens is 681 g/mol. The van der Waals surface area contributed by atoms with E-state index in [1.807, 2.05) is 146 Å². The third-order valence-corrected chi connectivity index (χ3v) is 10.3. The normalized spacial score (nSPS) is 11.6. The summed E-state index contributed by atoms with van der Waals surface area (Å²) in [4.78, 5) is 40.6. The van der Waals surface area contributed by atoms with Gasteiger partial charge in [0.15, 0.2) is 6.10 Å². The molecule has 2 N–H and O–H groups in total. The monoisotopic (exact) mass is 720 g/mol. The zero-order chi connectivity index (χ0) is 36.7. The summed E-state index contributed by atoms with van der Waals surface area (Å²) >= 11 is 1.51. The van der Waals surface area contributed by atoms with Crippen LogP contribution in [0.25, 0.3) is 0 Å². The van der Waals surface area contributed by atoms with Crippen molar-refractivity contribution < 1.29 is 23.9 Å². The van der Waals surface area contributed by atoms with E-state index in [9.17, 15) is 14.4 Å². The smallest absolute Gasteiger partial charge is 0.408 e. The van der Waals surface area contributed by atoms with E-state index < -0.39 is 41.4 Å². The van der Waals surface area contributed by atoms with Crippen molar-refractivity contribution in [1.29, 1.82) is 0 Å². The molecule has 1 atom stereocenters. The minimum atomic E-state index is -1.08. The zero-order valence-electron chi connectivity index (χ0n) is 29.0. The Morgan fingerprint density at radius 1 is 0.566 bits per heavy atom. The molecule has 0 bridgehead atoms. The Labute approximate surface area is 314 Å². The van der Waals surface area contributed by atoms with E-state index in [-0.39, 0.29) is 12.4 Å². The second-order valence-electron chi connectivity index (χ2n) is 12.3. The van der Waals surface area contributed by atoms with Crippen LogP contribution < -0.4 is 10.6 Å². The molecule has 0 heterocycles. The lowest BCUT2D eigenvalue weighted by Gasteiger charge is -2.36. The Bertz CT molecular complexity index is 1900. The highest BCUT2D eigenvalue weighted by Gasteiger charge is 2.38. The van der Waals surface area contributed by atoms with E-state index in [1.165, 1.54) is 11.8 Å². The summed E-state index contributed by atoms with van der Waals surface area (Å²) in [6.45, 7) is -0.374. The van der Waals surface area contributed by atoms with Crippen molar-refractivity contribution in [2.45, 2.75) is 23.5 Å². The van der Waals surface area contributed by atoms with Gasteiger partial charge in [-0.15, -0.1) is 11.8 Å². The van der Waals surface area contributed by atoms with Crippen LogP contribution in [0.5, 0.6) is 0 Å². The number of hydrogen-bond acceptors (Lipinski definition) is 6. The third-order valence-electron chi connectivity index (χ3n) is 8.69. The third kappa shape index (κ3) is 9.61. The number of carbonyl (C=O) groups is 3. The van der Waals surface area contributed by atoms with Gasteiger partial charge in [0.25, 0.3) is 0 Å². The number of thioether (sulfide) groups is 1. The van der Waals surface area contributed by atoms with Gasteiger partial charge in [0.2, 0.25) is 5.91 Å². The van der Waals surface area contributed by atoms with Gasteiger partial charge in [0, 0.05) is 5.75 Å². The van der Waals surface area contributed by atoms with E-state index in [0.29, 0.717) is 0 Å². The summed E-state index contributed by atoms with van der Waals surface area (Å²) in [5.74, 6) is -1.04. The van der Waals surface area contributed by atoms with Gasteiger partial charge in [0.05, 0.1) is 4.75 Å². The van der Waals surface area contributed by atoms with Gasteiger partial charge < -0.3 is 20.1 Å². The van der Waals surface area contributed by atoms with E-state index in [4.69, 9.17) is 9.47 Å². The highest BCUT2D eigenvalue weighted by molar-refractivity contribution is 8.00. The molecule has 0 aliphatic rings. The summed E-state index contributed by atoms with van der Waals surface area (Å²) in [6, 6.07) is 57.3. The van der Waals surface area contributed by atoms with Crippen LogP contribution in [0.15, 0.2) is 182 Å². The van der Waals surface area contributed by atoms with Crippen LogP contribution in [0.4, 0.5) is 4.79 Å². The summed E-state index contributed by atoms with van der Waals surface area (Å²) < 4.78 is 10.7. The van der Waals surface area contributed by atoms with Crippen molar-refractivity contribution >= 4 is 29.7 Å². The number of esters is 1. The summed E-state index contributed by atoms with van der Waals surface area (Å²) in [7, 11) is 0. The van der Waals surface area contributed by atoms with E-state index in [2.05, 4.69) is 47.0 Å². The summed E-state index contributed by atoms with van der Waals surface area (Å²) in [5, 5.41) is 5.51. The van der Waals surface area contributed by atoms with E-state index >= 15 is 0 Å². The predicted molar refractivity (Wildman–Crippen MR) is 209 cm³/mol. The van der Waals surface area contributed by atoms with Crippen LogP contribution >= 0.6 is 11.8 Å². The first kappa shape index (κ1) is 36.7. The molecule has 0 spiro atoms. The lowest BCUT2D eigenvalue weighted by Crippen LogP contribution is -2.50. The summed E-state index contributed by atoms with van der Waals surface area (Å²) in [6.07, 6.45) is -1.42. The quantitative estimate of drug-likeness (QED) is 0.0817. The molecule has 266 valence electrons. The van der Waals surface area contributed by atoms with Crippen molar-refractivity contribution in [3.05, 3.63) is 215 Å². The molecule has 0 aliphatic heterocycles. The van der Waals surface area contributed by atoms with Gasteiger partial charge >= 0.3 is 12.1 Å². The van der Waals surface area contributed by atoms with Crippen LogP contribution in [0, 0.1) is 0 Å². The first-order valence-electron chi connectivity index (χ1n) is 17.4. The van der Waals surface area contributed by atoms with Gasteiger partial charge in [-0.3, -0.25) is 9.59 Å². The fourth-order valence-corrected chi connectivity index (χ4v) is 7.67. The van der Waals surface area contributed by atoms with Crippen LogP contribution in [-0.4, -0.2) is 36.3 Å². The van der Waals surface area contributed by atoms with Crippen LogP contribution in [-0.2, 0) is 30.4 Å². The average Bonchev–Trinajstić information content (AvgIpc) is 3.23. The maximum absolute atomic E-state index is 14.0. The van der Waals surface area contributed by atoms with E-state index in [1.54, 1.807) is 0 Å². The Morgan fingerprint density at radius 3 is 1.43 bits per heavy atom. The second-order valence-corrected chi connectivity index (χ2v) is 13.5. The molecular formula is C45H40N2O5S. The van der Waals surface area contributed by atoms with Gasteiger partial charge in [-0.05, 0) is 33.4 Å². The first-order chi connectivity index (χ1) is 26.0. The SMILES string of the molecule is O=C(CNC(=O)[C@H](CSC(c1ccccc1)(c1ccccc1)c1ccccc1)NC(=O)OCc1ccccc1)OC(c1ccccc1)c1ccccc1. The van der Waals surface area contributed by atoms with Gasteiger partial charge in [-0.25, -0.2) is 4.79 Å². The molecule has 0 radical (unpaired) electrons. The van der Waals surface area contributed by atoms with Crippen molar-refractivity contribution in [3.63, 3.8) is 0 Å². The Balaban J connectivity index is 1.25. The number of alkyl carbamates (subject to hydrolysis) is 1.